The van der Waals surface area contributed by atoms with Gasteiger partial charge in [-0.1, -0.05) is 12.1 Å². The van der Waals surface area contributed by atoms with Gasteiger partial charge in [-0.05, 0) is 43.9 Å². The largest absolute Gasteiger partial charge is 0.508 e. The van der Waals surface area contributed by atoms with Crippen LogP contribution in [0.15, 0.2) is 24.3 Å². The third-order valence-electron chi connectivity index (χ3n) is 3.99. The number of piperidine rings is 1. The summed E-state index contributed by atoms with van der Waals surface area (Å²) in [5, 5.41) is 9.27. The van der Waals surface area contributed by atoms with E-state index in [1.54, 1.807) is 29.2 Å². The molecule has 3 N–H and O–H groups in total. The maximum absolute atomic E-state index is 12.4. The van der Waals surface area contributed by atoms with Crippen molar-refractivity contribution in [2.45, 2.75) is 38.3 Å². The van der Waals surface area contributed by atoms with Gasteiger partial charge in [-0.25, -0.2) is 0 Å². The lowest BCUT2D eigenvalue weighted by Gasteiger charge is -2.33. The Labute approximate surface area is 136 Å². The van der Waals surface area contributed by atoms with E-state index >= 15 is 0 Å². The average Bonchev–Trinajstić information content (AvgIpc) is 2.55. The topological polar surface area (TPSA) is 92.9 Å². The molecule has 1 saturated heterocycles. The fourth-order valence-electron chi connectivity index (χ4n) is 2.69. The van der Waals surface area contributed by atoms with Gasteiger partial charge in [-0.3, -0.25) is 9.59 Å². The van der Waals surface area contributed by atoms with Gasteiger partial charge in [0.05, 0.1) is 12.1 Å². The number of nitrogens with two attached hydrogens (primary N) is 1. The number of carbonyl (C=O) groups excluding carboxylic acids is 2. The van der Waals surface area contributed by atoms with Crippen LogP contribution in [0.3, 0.4) is 0 Å². The highest BCUT2D eigenvalue weighted by atomic mass is 16.5. The van der Waals surface area contributed by atoms with Crippen LogP contribution in [0.2, 0.25) is 0 Å². The summed E-state index contributed by atoms with van der Waals surface area (Å²) in [5.41, 5.74) is 6.94. The molecule has 0 bridgehead atoms. The minimum Gasteiger partial charge on any atom is -0.508 e. The van der Waals surface area contributed by atoms with Crippen LogP contribution < -0.4 is 5.73 Å². The number of nitrogens with zero attached hydrogens (tertiary/aromatic N) is 1. The van der Waals surface area contributed by atoms with Gasteiger partial charge in [-0.2, -0.15) is 0 Å². The van der Waals surface area contributed by atoms with Crippen LogP contribution in [0, 0.1) is 0 Å². The first-order chi connectivity index (χ1) is 11.0. The number of Topliss-reactive ketones (excluding diaryl/α,β-unsaturated/α-hetero) is 1. The highest BCUT2D eigenvalue weighted by molar-refractivity contribution is 5.82. The van der Waals surface area contributed by atoms with Gasteiger partial charge < -0.3 is 20.5 Å². The summed E-state index contributed by atoms with van der Waals surface area (Å²) in [7, 11) is 0. The molecule has 1 amide bonds. The highest BCUT2D eigenvalue weighted by Gasteiger charge is 2.26. The van der Waals surface area contributed by atoms with Gasteiger partial charge in [0.15, 0.2) is 5.78 Å². The lowest BCUT2D eigenvalue weighted by Crippen LogP contribution is -2.49. The second-order valence-corrected chi connectivity index (χ2v) is 6.01. The maximum atomic E-state index is 12.4. The van der Waals surface area contributed by atoms with Crippen molar-refractivity contribution in [2.24, 2.45) is 5.73 Å². The smallest absolute Gasteiger partial charge is 0.239 e. The van der Waals surface area contributed by atoms with E-state index in [1.165, 1.54) is 6.92 Å². The summed E-state index contributed by atoms with van der Waals surface area (Å²) in [6, 6.07) is 6.12. The minimum atomic E-state index is -0.589. The van der Waals surface area contributed by atoms with E-state index in [1.807, 2.05) is 0 Å². The Morgan fingerprint density at radius 1 is 1.30 bits per heavy atom. The van der Waals surface area contributed by atoms with Crippen LogP contribution in [-0.2, 0) is 20.7 Å². The molecule has 0 spiro atoms. The Hall–Kier alpha value is -1.92. The Bertz CT molecular complexity index is 536. The molecular formula is C17H24N2O4. The molecule has 1 unspecified atom stereocenters. The number of phenols is 1. The molecule has 23 heavy (non-hydrogen) atoms. The molecule has 1 fully saturated rings. The molecular weight excluding hydrogens is 296 g/mol. The zero-order valence-electron chi connectivity index (χ0n) is 13.4. The van der Waals surface area contributed by atoms with Crippen molar-refractivity contribution in [1.82, 2.24) is 4.90 Å². The Kier molecular flexibility index (Phi) is 6.12. The third kappa shape index (κ3) is 5.33. The number of benzene rings is 1. The Balaban J connectivity index is 1.79. The van der Waals surface area contributed by atoms with Gasteiger partial charge in [0.25, 0.3) is 0 Å². The molecule has 1 aliphatic rings. The first-order valence-corrected chi connectivity index (χ1v) is 7.89. The van der Waals surface area contributed by atoms with Crippen LogP contribution in [0.4, 0.5) is 0 Å². The van der Waals surface area contributed by atoms with Crippen molar-refractivity contribution in [3.63, 3.8) is 0 Å². The predicted molar refractivity (Wildman–Crippen MR) is 86.0 cm³/mol. The van der Waals surface area contributed by atoms with Crippen molar-refractivity contribution < 1.29 is 19.4 Å². The van der Waals surface area contributed by atoms with Crippen molar-refractivity contribution in [2.75, 3.05) is 19.7 Å². The Morgan fingerprint density at radius 3 is 2.48 bits per heavy atom. The molecule has 6 heteroatoms. The van der Waals surface area contributed by atoms with Crippen molar-refractivity contribution in [3.8, 4) is 5.75 Å². The van der Waals surface area contributed by atoms with E-state index in [0.717, 1.165) is 18.4 Å². The number of ketones is 1. The molecule has 1 aromatic carbocycles. The quantitative estimate of drug-likeness (QED) is 0.811. The summed E-state index contributed by atoms with van der Waals surface area (Å²) >= 11 is 0. The summed E-state index contributed by atoms with van der Waals surface area (Å²) in [4.78, 5) is 25.1. The van der Waals surface area contributed by atoms with Crippen LogP contribution in [0.25, 0.3) is 0 Å². The third-order valence-corrected chi connectivity index (χ3v) is 3.99. The molecule has 0 radical (unpaired) electrons. The van der Waals surface area contributed by atoms with E-state index in [0.29, 0.717) is 19.5 Å². The number of aromatic hydroxyl groups is 1. The molecule has 1 aliphatic heterocycles. The van der Waals surface area contributed by atoms with Gasteiger partial charge in [-0.15, -0.1) is 0 Å². The van der Waals surface area contributed by atoms with E-state index < -0.39 is 6.04 Å². The van der Waals surface area contributed by atoms with E-state index in [4.69, 9.17) is 10.5 Å². The highest BCUT2D eigenvalue weighted by Crippen LogP contribution is 2.16. The first kappa shape index (κ1) is 17.4. The summed E-state index contributed by atoms with van der Waals surface area (Å²) in [6.07, 6.45) is 1.94. The second kappa shape index (κ2) is 8.08. The summed E-state index contributed by atoms with van der Waals surface area (Å²) < 4.78 is 5.50. The van der Waals surface area contributed by atoms with E-state index in [9.17, 15) is 14.7 Å². The average molecular weight is 320 g/mol. The molecule has 0 saturated carbocycles. The molecule has 126 valence electrons. The number of ether oxygens (including phenoxy) is 1. The van der Waals surface area contributed by atoms with Gasteiger partial charge >= 0.3 is 0 Å². The monoisotopic (exact) mass is 320 g/mol. The van der Waals surface area contributed by atoms with Crippen LogP contribution in [-0.4, -0.2) is 53.5 Å². The molecule has 0 aliphatic carbocycles. The predicted octanol–water partition coefficient (Wildman–Crippen LogP) is 0.859. The zero-order valence-corrected chi connectivity index (χ0v) is 13.4. The number of hydrogen-bond acceptors (Lipinski definition) is 5. The van der Waals surface area contributed by atoms with Crippen molar-refractivity contribution >= 4 is 11.7 Å². The lowest BCUT2D eigenvalue weighted by molar-refractivity contribution is -0.136. The molecule has 0 aromatic heterocycles. The fraction of sp³-hybridized carbons (Fsp3) is 0.529. The number of hydrogen-bond donors (Lipinski definition) is 2. The number of likely N-dealkylation sites (tertiary alicyclic amines) is 1. The zero-order chi connectivity index (χ0) is 16.8. The SMILES string of the molecule is CC(=O)COC1CCN(C(=O)C(N)Cc2ccc(O)cc2)CC1. The maximum Gasteiger partial charge on any atom is 0.239 e. The number of phenolic OH excluding ortho intramolecular Hbond substituents is 1. The van der Waals surface area contributed by atoms with Crippen LogP contribution >= 0.6 is 0 Å². The first-order valence-electron chi connectivity index (χ1n) is 7.89. The fourth-order valence-corrected chi connectivity index (χ4v) is 2.69. The normalized spacial score (nSPS) is 17.0. The van der Waals surface area contributed by atoms with Gasteiger partial charge in [0.2, 0.25) is 5.91 Å². The molecule has 1 atom stereocenters. The molecule has 6 nitrogen and oxygen atoms in total. The standard InChI is InChI=1S/C17H24N2O4/c1-12(20)11-23-15-6-8-19(9-7-15)17(22)16(18)10-13-2-4-14(21)5-3-13/h2-5,15-16,21H,6-11,18H2,1H3. The number of rotatable bonds is 6. The summed E-state index contributed by atoms with van der Waals surface area (Å²) in [5.74, 6) is 0.142. The lowest BCUT2D eigenvalue weighted by atomic mass is 10.0. The number of amides is 1. The molecule has 2 rings (SSSR count). The van der Waals surface area contributed by atoms with Gasteiger partial charge in [0.1, 0.15) is 12.4 Å². The van der Waals surface area contributed by atoms with Crippen molar-refractivity contribution in [3.05, 3.63) is 29.8 Å². The van der Waals surface area contributed by atoms with E-state index in [-0.39, 0.29) is 30.2 Å². The minimum absolute atomic E-state index is 0.0134. The number of carbonyl (C=O) groups is 2. The second-order valence-electron chi connectivity index (χ2n) is 6.01. The van der Waals surface area contributed by atoms with Crippen LogP contribution in [0.1, 0.15) is 25.3 Å². The summed E-state index contributed by atoms with van der Waals surface area (Å²) in [6.45, 7) is 2.84. The van der Waals surface area contributed by atoms with Crippen molar-refractivity contribution in [1.29, 1.82) is 0 Å². The molecule has 1 heterocycles. The molecule has 1 aromatic rings. The Morgan fingerprint density at radius 2 is 1.91 bits per heavy atom. The van der Waals surface area contributed by atoms with Gasteiger partial charge in [0, 0.05) is 13.1 Å². The van der Waals surface area contributed by atoms with E-state index in [2.05, 4.69) is 0 Å². The van der Waals surface area contributed by atoms with Crippen LogP contribution in [0.5, 0.6) is 5.75 Å².